The van der Waals surface area contributed by atoms with Gasteiger partial charge >= 0.3 is 0 Å². The Morgan fingerprint density at radius 3 is 2.78 bits per heavy atom. The Balaban J connectivity index is 0.00000210. The third-order valence-corrected chi connectivity index (χ3v) is 5.06. The van der Waals surface area contributed by atoms with Crippen LogP contribution in [0.15, 0.2) is 59.4 Å². The normalized spacial score (nSPS) is 17.4. The Labute approximate surface area is 164 Å². The van der Waals surface area contributed by atoms with Crippen molar-refractivity contribution >= 4 is 23.3 Å². The molecule has 1 aliphatic rings. The van der Waals surface area contributed by atoms with Crippen molar-refractivity contribution in [1.29, 1.82) is 0 Å². The van der Waals surface area contributed by atoms with E-state index in [9.17, 15) is 4.79 Å². The van der Waals surface area contributed by atoms with Crippen LogP contribution in [0, 0.1) is 0 Å². The molecule has 0 spiro atoms. The van der Waals surface area contributed by atoms with Gasteiger partial charge in [-0.2, -0.15) is 0 Å². The van der Waals surface area contributed by atoms with Gasteiger partial charge in [0.25, 0.3) is 5.56 Å². The van der Waals surface area contributed by atoms with E-state index in [4.69, 9.17) is 4.74 Å². The van der Waals surface area contributed by atoms with Crippen molar-refractivity contribution in [2.45, 2.75) is 12.6 Å². The summed E-state index contributed by atoms with van der Waals surface area (Å²) in [5, 5.41) is 4.52. The monoisotopic (exact) mass is 385 g/mol. The maximum absolute atomic E-state index is 12.6. The predicted octanol–water partition coefficient (Wildman–Crippen LogP) is 3.11. The van der Waals surface area contributed by atoms with Gasteiger partial charge < -0.3 is 15.0 Å². The third kappa shape index (κ3) is 4.00. The van der Waals surface area contributed by atoms with E-state index in [0.717, 1.165) is 47.4 Å². The number of fused-ring (bicyclic) bond motifs is 1. The first kappa shape index (κ1) is 19.4. The summed E-state index contributed by atoms with van der Waals surface area (Å²) in [4.78, 5) is 17.9. The molecule has 1 aliphatic heterocycles. The molecule has 0 bridgehead atoms. The summed E-state index contributed by atoms with van der Waals surface area (Å²) in [6, 6.07) is 18.2. The van der Waals surface area contributed by atoms with E-state index in [1.807, 2.05) is 48.5 Å². The summed E-state index contributed by atoms with van der Waals surface area (Å²) in [5.41, 5.74) is 2.81. The molecule has 0 amide bonds. The van der Waals surface area contributed by atoms with Crippen LogP contribution in [0.2, 0.25) is 0 Å². The van der Waals surface area contributed by atoms with E-state index in [0.29, 0.717) is 6.54 Å². The summed E-state index contributed by atoms with van der Waals surface area (Å²) < 4.78 is 5.56. The standard InChI is InChI=1S/C21H23N3O2.ClH/c1-26-20-9-5-3-7-17(20)19-13-22-10-11-24(19)14-16-12-15-6-2-4-8-18(15)23-21(16)25;/h2-9,12,19,22H,10-11,13-14H2,1H3,(H,23,25);1H. The molecule has 1 saturated heterocycles. The van der Waals surface area contributed by atoms with Gasteiger partial charge in [-0.05, 0) is 23.6 Å². The average molecular weight is 386 g/mol. The molecule has 1 aromatic heterocycles. The summed E-state index contributed by atoms with van der Waals surface area (Å²) in [7, 11) is 1.70. The summed E-state index contributed by atoms with van der Waals surface area (Å²) >= 11 is 0. The van der Waals surface area contributed by atoms with E-state index in [1.54, 1.807) is 7.11 Å². The molecule has 142 valence electrons. The number of para-hydroxylation sites is 2. The van der Waals surface area contributed by atoms with Crippen molar-refractivity contribution in [3.63, 3.8) is 0 Å². The highest BCUT2D eigenvalue weighted by Crippen LogP contribution is 2.31. The smallest absolute Gasteiger partial charge is 0.252 e. The lowest BCUT2D eigenvalue weighted by Gasteiger charge is -2.37. The summed E-state index contributed by atoms with van der Waals surface area (Å²) in [6.45, 7) is 3.25. The number of ether oxygens (including phenoxy) is 1. The molecule has 1 atom stereocenters. The second kappa shape index (κ2) is 8.57. The van der Waals surface area contributed by atoms with Crippen molar-refractivity contribution < 1.29 is 4.74 Å². The van der Waals surface area contributed by atoms with Gasteiger partial charge in [-0.3, -0.25) is 9.69 Å². The molecule has 4 rings (SSSR count). The molecular weight excluding hydrogens is 362 g/mol. The van der Waals surface area contributed by atoms with Crippen LogP contribution in [0.1, 0.15) is 17.2 Å². The lowest BCUT2D eigenvalue weighted by atomic mass is 10.0. The zero-order chi connectivity index (χ0) is 17.9. The molecule has 0 radical (unpaired) electrons. The molecule has 1 fully saturated rings. The number of aromatic amines is 1. The number of nitrogens with zero attached hydrogens (tertiary/aromatic N) is 1. The second-order valence-corrected chi connectivity index (χ2v) is 6.64. The van der Waals surface area contributed by atoms with Crippen LogP contribution in [0.3, 0.4) is 0 Å². The highest BCUT2D eigenvalue weighted by Gasteiger charge is 2.26. The second-order valence-electron chi connectivity index (χ2n) is 6.64. The number of nitrogens with one attached hydrogen (secondary N) is 2. The van der Waals surface area contributed by atoms with Gasteiger partial charge in [0.05, 0.1) is 13.2 Å². The Kier molecular flexibility index (Phi) is 6.16. The lowest BCUT2D eigenvalue weighted by molar-refractivity contribution is 0.150. The van der Waals surface area contributed by atoms with E-state index < -0.39 is 0 Å². The van der Waals surface area contributed by atoms with Crippen LogP contribution in [0.25, 0.3) is 10.9 Å². The van der Waals surface area contributed by atoms with Crippen molar-refractivity contribution in [2.75, 3.05) is 26.7 Å². The van der Waals surface area contributed by atoms with Gasteiger partial charge in [0.2, 0.25) is 0 Å². The number of pyridine rings is 1. The Morgan fingerprint density at radius 2 is 1.93 bits per heavy atom. The number of methoxy groups -OCH3 is 1. The van der Waals surface area contributed by atoms with Gasteiger partial charge in [-0.15, -0.1) is 12.4 Å². The van der Waals surface area contributed by atoms with Crippen LogP contribution in [-0.2, 0) is 6.54 Å². The Hall–Kier alpha value is -2.34. The first-order valence-corrected chi connectivity index (χ1v) is 8.95. The fourth-order valence-electron chi connectivity index (χ4n) is 3.71. The molecule has 3 aromatic rings. The number of rotatable bonds is 4. The number of hydrogen-bond acceptors (Lipinski definition) is 4. The highest BCUT2D eigenvalue weighted by atomic mass is 35.5. The number of H-pyrrole nitrogens is 1. The first-order valence-electron chi connectivity index (χ1n) is 8.95. The number of aromatic nitrogens is 1. The zero-order valence-electron chi connectivity index (χ0n) is 15.3. The van der Waals surface area contributed by atoms with Crippen molar-refractivity contribution in [2.24, 2.45) is 0 Å². The molecule has 2 heterocycles. The molecule has 2 aromatic carbocycles. The van der Waals surface area contributed by atoms with Crippen LogP contribution < -0.4 is 15.6 Å². The molecular formula is C21H24ClN3O2. The third-order valence-electron chi connectivity index (χ3n) is 5.06. The van der Waals surface area contributed by atoms with Gasteiger partial charge in [-0.1, -0.05) is 36.4 Å². The summed E-state index contributed by atoms with van der Waals surface area (Å²) in [5.74, 6) is 0.888. The SMILES string of the molecule is COc1ccccc1C1CNCCN1Cc1cc2ccccc2[nH]c1=O.Cl. The van der Waals surface area contributed by atoms with Crippen LogP contribution in [0.4, 0.5) is 0 Å². The minimum absolute atomic E-state index is 0. The molecule has 0 aliphatic carbocycles. The fourth-order valence-corrected chi connectivity index (χ4v) is 3.71. The predicted molar refractivity (Wildman–Crippen MR) is 111 cm³/mol. The van der Waals surface area contributed by atoms with Gasteiger partial charge in [-0.25, -0.2) is 0 Å². The minimum atomic E-state index is -0.0130. The van der Waals surface area contributed by atoms with Crippen molar-refractivity contribution in [3.8, 4) is 5.75 Å². The van der Waals surface area contributed by atoms with E-state index in [1.165, 1.54) is 0 Å². The molecule has 0 saturated carbocycles. The maximum atomic E-state index is 12.6. The van der Waals surface area contributed by atoms with E-state index >= 15 is 0 Å². The summed E-state index contributed by atoms with van der Waals surface area (Å²) in [6.07, 6.45) is 0. The molecule has 27 heavy (non-hydrogen) atoms. The topological polar surface area (TPSA) is 57.4 Å². The number of halogens is 1. The zero-order valence-corrected chi connectivity index (χ0v) is 16.1. The van der Waals surface area contributed by atoms with Crippen LogP contribution in [0.5, 0.6) is 5.75 Å². The number of benzene rings is 2. The largest absolute Gasteiger partial charge is 0.496 e. The fraction of sp³-hybridized carbons (Fsp3) is 0.286. The highest BCUT2D eigenvalue weighted by molar-refractivity contribution is 5.85. The van der Waals surface area contributed by atoms with Gasteiger partial charge in [0.15, 0.2) is 0 Å². The Bertz CT molecular complexity index is 973. The molecule has 5 nitrogen and oxygen atoms in total. The molecule has 1 unspecified atom stereocenters. The van der Waals surface area contributed by atoms with Crippen molar-refractivity contribution in [3.05, 3.63) is 76.1 Å². The van der Waals surface area contributed by atoms with Crippen LogP contribution >= 0.6 is 12.4 Å². The number of piperazine rings is 1. The van der Waals surface area contributed by atoms with Crippen molar-refractivity contribution in [1.82, 2.24) is 15.2 Å². The minimum Gasteiger partial charge on any atom is -0.496 e. The van der Waals surface area contributed by atoms with E-state index in [2.05, 4.69) is 21.3 Å². The quantitative estimate of drug-likeness (QED) is 0.724. The maximum Gasteiger partial charge on any atom is 0.252 e. The first-order chi connectivity index (χ1) is 12.8. The molecule has 6 heteroatoms. The van der Waals surface area contributed by atoms with Gasteiger partial charge in [0.1, 0.15) is 5.75 Å². The van der Waals surface area contributed by atoms with Gasteiger partial charge in [0, 0.05) is 42.8 Å². The number of hydrogen-bond donors (Lipinski definition) is 2. The lowest BCUT2D eigenvalue weighted by Crippen LogP contribution is -2.46. The average Bonchev–Trinajstić information content (AvgIpc) is 2.69. The van der Waals surface area contributed by atoms with Crippen LogP contribution in [-0.4, -0.2) is 36.6 Å². The van der Waals surface area contributed by atoms with E-state index in [-0.39, 0.29) is 24.0 Å². The Morgan fingerprint density at radius 1 is 1.15 bits per heavy atom. The molecule has 2 N–H and O–H groups in total.